The van der Waals surface area contributed by atoms with Gasteiger partial charge in [0.2, 0.25) is 0 Å². The van der Waals surface area contributed by atoms with Crippen LogP contribution in [0.2, 0.25) is 0 Å². The molecule has 1 fully saturated rings. The number of nitrogens with zero attached hydrogens (tertiary/aromatic N) is 3. The van der Waals surface area contributed by atoms with Crippen LogP contribution in [0, 0.1) is 5.82 Å². The summed E-state index contributed by atoms with van der Waals surface area (Å²) in [7, 11) is 0. The van der Waals surface area contributed by atoms with Gasteiger partial charge in [0.05, 0.1) is 5.69 Å². The number of aromatic nitrogens is 2. The number of halogens is 1. The zero-order valence-electron chi connectivity index (χ0n) is 15.7. The fourth-order valence-electron chi connectivity index (χ4n) is 3.57. The van der Waals surface area contributed by atoms with Crippen molar-refractivity contribution in [2.75, 3.05) is 26.2 Å². The van der Waals surface area contributed by atoms with Gasteiger partial charge in [-0.1, -0.05) is 32.0 Å². The number of hydrogen-bond acceptors (Lipinski definition) is 4. The zero-order valence-corrected chi connectivity index (χ0v) is 15.7. The van der Waals surface area contributed by atoms with Gasteiger partial charge in [0.25, 0.3) is 0 Å². The lowest BCUT2D eigenvalue weighted by molar-refractivity contribution is 0.0487. The molecular weight excluding hydrogens is 331 g/mol. The number of hydrogen-bond donors (Lipinski definition) is 2. The van der Waals surface area contributed by atoms with Crippen molar-refractivity contribution in [3.05, 3.63) is 53.1 Å². The Morgan fingerprint density at radius 3 is 2.77 bits per heavy atom. The van der Waals surface area contributed by atoms with Crippen LogP contribution >= 0.6 is 0 Å². The minimum Gasteiger partial charge on any atom is -0.396 e. The molecule has 0 amide bonds. The van der Waals surface area contributed by atoms with Gasteiger partial charge in [-0.05, 0) is 24.5 Å². The van der Waals surface area contributed by atoms with Crippen molar-refractivity contribution in [3.63, 3.8) is 0 Å². The van der Waals surface area contributed by atoms with E-state index in [2.05, 4.69) is 39.9 Å². The Bertz CT molecular complexity index is 703. The first-order valence-electron chi connectivity index (χ1n) is 9.41. The Morgan fingerprint density at radius 1 is 1.27 bits per heavy atom. The molecule has 0 spiro atoms. The van der Waals surface area contributed by atoms with Gasteiger partial charge in [0.15, 0.2) is 0 Å². The summed E-state index contributed by atoms with van der Waals surface area (Å²) in [5.74, 6) is 0.260. The molecule has 0 aliphatic carbocycles. The Kier molecular flexibility index (Phi) is 6.40. The first-order valence-corrected chi connectivity index (χ1v) is 9.41. The molecule has 1 aromatic carbocycles. The Morgan fingerprint density at radius 2 is 2.08 bits per heavy atom. The van der Waals surface area contributed by atoms with Crippen LogP contribution in [0.1, 0.15) is 43.1 Å². The first kappa shape index (κ1) is 19.0. The molecule has 1 aromatic heterocycles. The van der Waals surface area contributed by atoms with Gasteiger partial charge in [-0.3, -0.25) is 14.9 Å². The molecule has 0 unspecified atom stereocenters. The van der Waals surface area contributed by atoms with Gasteiger partial charge in [-0.15, -0.1) is 0 Å². The van der Waals surface area contributed by atoms with E-state index in [0.717, 1.165) is 43.1 Å². The summed E-state index contributed by atoms with van der Waals surface area (Å²) in [4.78, 5) is 4.67. The van der Waals surface area contributed by atoms with E-state index in [1.54, 1.807) is 6.07 Å². The molecular formula is C20H29FN4O. The van der Waals surface area contributed by atoms with Crippen molar-refractivity contribution in [1.29, 1.82) is 0 Å². The molecule has 26 heavy (non-hydrogen) atoms. The van der Waals surface area contributed by atoms with E-state index in [0.29, 0.717) is 18.9 Å². The van der Waals surface area contributed by atoms with Crippen LogP contribution in [-0.4, -0.2) is 57.4 Å². The maximum absolute atomic E-state index is 14.0. The van der Waals surface area contributed by atoms with Gasteiger partial charge < -0.3 is 5.11 Å². The largest absolute Gasteiger partial charge is 0.396 e. The third-order valence-electron chi connectivity index (χ3n) is 5.12. The molecule has 0 bridgehead atoms. The van der Waals surface area contributed by atoms with Gasteiger partial charge in [0.1, 0.15) is 5.82 Å². The molecule has 1 aliphatic heterocycles. The molecule has 2 N–H and O–H groups in total. The molecule has 142 valence electrons. The summed E-state index contributed by atoms with van der Waals surface area (Å²) in [5, 5.41) is 17.0. The van der Waals surface area contributed by atoms with E-state index in [1.165, 1.54) is 6.07 Å². The topological polar surface area (TPSA) is 55.4 Å². The molecule has 0 saturated carbocycles. The van der Waals surface area contributed by atoms with Crippen molar-refractivity contribution in [3.8, 4) is 0 Å². The highest BCUT2D eigenvalue weighted by Gasteiger charge is 2.27. The summed E-state index contributed by atoms with van der Waals surface area (Å²) >= 11 is 0. The van der Waals surface area contributed by atoms with Gasteiger partial charge in [0, 0.05) is 56.6 Å². The SMILES string of the molecule is CC(C)c1cc(CN2CCN(Cc3ccccc3F)[C@H](CCO)C2)[nH]n1. The summed E-state index contributed by atoms with van der Waals surface area (Å²) < 4.78 is 14.0. The minimum absolute atomic E-state index is 0.147. The maximum Gasteiger partial charge on any atom is 0.127 e. The van der Waals surface area contributed by atoms with Crippen molar-refractivity contribution in [2.24, 2.45) is 0 Å². The fraction of sp³-hybridized carbons (Fsp3) is 0.550. The lowest BCUT2D eigenvalue weighted by Gasteiger charge is -2.41. The number of piperazine rings is 1. The van der Waals surface area contributed by atoms with Crippen molar-refractivity contribution in [1.82, 2.24) is 20.0 Å². The summed E-state index contributed by atoms with van der Waals surface area (Å²) in [5.41, 5.74) is 2.93. The Hall–Kier alpha value is -1.76. The lowest BCUT2D eigenvalue weighted by Crippen LogP contribution is -2.52. The molecule has 0 radical (unpaired) electrons. The molecule has 1 aliphatic rings. The maximum atomic E-state index is 14.0. The van der Waals surface area contributed by atoms with Crippen molar-refractivity contribution in [2.45, 2.75) is 45.3 Å². The summed E-state index contributed by atoms with van der Waals surface area (Å²) in [6, 6.07) is 9.31. The van der Waals surface area contributed by atoms with E-state index in [4.69, 9.17) is 0 Å². The van der Waals surface area contributed by atoms with Crippen LogP contribution in [0.3, 0.4) is 0 Å². The second-order valence-electron chi connectivity index (χ2n) is 7.44. The minimum atomic E-state index is -0.156. The average molecular weight is 360 g/mol. The van der Waals surface area contributed by atoms with E-state index in [-0.39, 0.29) is 18.5 Å². The molecule has 2 aromatic rings. The van der Waals surface area contributed by atoms with Crippen LogP contribution in [-0.2, 0) is 13.1 Å². The second kappa shape index (κ2) is 8.75. The van der Waals surface area contributed by atoms with Crippen molar-refractivity contribution < 1.29 is 9.50 Å². The monoisotopic (exact) mass is 360 g/mol. The number of aliphatic hydroxyl groups is 1. The van der Waals surface area contributed by atoms with E-state index >= 15 is 0 Å². The number of nitrogens with one attached hydrogen (secondary N) is 1. The van der Waals surface area contributed by atoms with Gasteiger partial charge >= 0.3 is 0 Å². The quantitative estimate of drug-likeness (QED) is 0.797. The smallest absolute Gasteiger partial charge is 0.127 e. The number of benzene rings is 1. The van der Waals surface area contributed by atoms with E-state index < -0.39 is 0 Å². The standard InChI is InChI=1S/C20H29FN4O/c1-15(2)20-11-17(22-23-20)13-24-8-9-25(18(14-24)7-10-26)12-16-5-3-4-6-19(16)21/h3-6,11,15,18,26H,7-10,12-14H2,1-2H3,(H,22,23)/t18-/m1/s1. The molecule has 3 rings (SSSR count). The van der Waals surface area contributed by atoms with Crippen LogP contribution in [0.25, 0.3) is 0 Å². The zero-order chi connectivity index (χ0) is 18.5. The van der Waals surface area contributed by atoms with Crippen LogP contribution in [0.4, 0.5) is 4.39 Å². The average Bonchev–Trinajstić information content (AvgIpc) is 3.08. The highest BCUT2D eigenvalue weighted by molar-refractivity contribution is 5.17. The molecule has 1 atom stereocenters. The third-order valence-corrected chi connectivity index (χ3v) is 5.12. The fourth-order valence-corrected chi connectivity index (χ4v) is 3.57. The molecule has 2 heterocycles. The molecule has 6 heteroatoms. The van der Waals surface area contributed by atoms with Gasteiger partial charge in [-0.2, -0.15) is 5.10 Å². The summed E-state index contributed by atoms with van der Waals surface area (Å²) in [6.45, 7) is 8.49. The predicted octanol–water partition coefficient (Wildman–Crippen LogP) is 2.74. The van der Waals surface area contributed by atoms with E-state index in [9.17, 15) is 9.50 Å². The highest BCUT2D eigenvalue weighted by atomic mass is 19.1. The normalized spacial score (nSPS) is 19.3. The third kappa shape index (κ3) is 4.69. The number of aliphatic hydroxyl groups excluding tert-OH is 1. The van der Waals surface area contributed by atoms with Crippen LogP contribution in [0.15, 0.2) is 30.3 Å². The predicted molar refractivity (Wildman–Crippen MR) is 100 cm³/mol. The highest BCUT2D eigenvalue weighted by Crippen LogP contribution is 2.20. The Balaban J connectivity index is 1.62. The van der Waals surface area contributed by atoms with E-state index in [1.807, 2.05) is 12.1 Å². The van der Waals surface area contributed by atoms with Crippen LogP contribution < -0.4 is 0 Å². The molecule has 1 saturated heterocycles. The first-order chi connectivity index (χ1) is 12.6. The lowest BCUT2D eigenvalue weighted by atomic mass is 10.1. The number of aromatic amines is 1. The second-order valence-corrected chi connectivity index (χ2v) is 7.44. The van der Waals surface area contributed by atoms with Crippen molar-refractivity contribution >= 4 is 0 Å². The Labute approximate surface area is 154 Å². The molecule has 5 nitrogen and oxygen atoms in total. The van der Waals surface area contributed by atoms with Gasteiger partial charge in [-0.25, -0.2) is 4.39 Å². The summed E-state index contributed by atoms with van der Waals surface area (Å²) in [6.07, 6.45) is 0.700. The number of rotatable bonds is 7. The number of H-pyrrole nitrogens is 1. The van der Waals surface area contributed by atoms with Crippen LogP contribution in [0.5, 0.6) is 0 Å².